The van der Waals surface area contributed by atoms with Crippen LogP contribution < -0.4 is 4.74 Å². The summed E-state index contributed by atoms with van der Waals surface area (Å²) in [6.45, 7) is 3.76. The second kappa shape index (κ2) is 7.58. The Morgan fingerprint density at radius 2 is 1.93 bits per heavy atom. The van der Waals surface area contributed by atoms with Crippen LogP contribution >= 0.6 is 0 Å². The topological polar surface area (TPSA) is 59.4 Å². The first-order valence-electron chi connectivity index (χ1n) is 8.51. The van der Waals surface area contributed by atoms with Crippen molar-refractivity contribution in [1.82, 2.24) is 4.98 Å². The summed E-state index contributed by atoms with van der Waals surface area (Å²) in [6, 6.07) is 11.7. The molecule has 3 rings (SSSR count). The largest absolute Gasteiger partial charge is 0.496 e. The molecule has 0 saturated heterocycles. The van der Waals surface area contributed by atoms with Crippen LogP contribution in [0, 0.1) is 19.7 Å². The van der Waals surface area contributed by atoms with Gasteiger partial charge in [0.2, 0.25) is 0 Å². The fourth-order valence-electron chi connectivity index (χ4n) is 3.14. The number of carboxylic acids is 1. The van der Waals surface area contributed by atoms with E-state index < -0.39 is 5.97 Å². The number of benzene rings is 2. The molecule has 0 fully saturated rings. The molecule has 138 valence electrons. The number of pyridine rings is 1. The average molecular weight is 365 g/mol. The number of hydrogen-bond acceptors (Lipinski definition) is 3. The van der Waals surface area contributed by atoms with E-state index in [0.717, 1.165) is 22.3 Å². The van der Waals surface area contributed by atoms with E-state index in [0.29, 0.717) is 29.0 Å². The van der Waals surface area contributed by atoms with Crippen LogP contribution in [0.25, 0.3) is 11.3 Å². The summed E-state index contributed by atoms with van der Waals surface area (Å²) in [6.07, 6.45) is 2.15. The Kier molecular flexibility index (Phi) is 5.21. The van der Waals surface area contributed by atoms with Gasteiger partial charge in [-0.25, -0.2) is 9.18 Å². The number of rotatable bonds is 5. The summed E-state index contributed by atoms with van der Waals surface area (Å²) in [5, 5.41) is 9.43. The molecule has 27 heavy (non-hydrogen) atoms. The van der Waals surface area contributed by atoms with Crippen molar-refractivity contribution in [2.24, 2.45) is 0 Å². The first-order chi connectivity index (χ1) is 12.9. The molecule has 3 aromatic rings. The maximum absolute atomic E-state index is 13.7. The monoisotopic (exact) mass is 365 g/mol. The van der Waals surface area contributed by atoms with E-state index >= 15 is 0 Å². The zero-order valence-corrected chi connectivity index (χ0v) is 15.4. The predicted octanol–water partition coefficient (Wildman–Crippen LogP) is 4.80. The Morgan fingerprint density at radius 3 is 2.59 bits per heavy atom. The zero-order chi connectivity index (χ0) is 19.6. The van der Waals surface area contributed by atoms with Gasteiger partial charge in [0.05, 0.1) is 18.4 Å². The highest BCUT2D eigenvalue weighted by molar-refractivity contribution is 5.89. The van der Waals surface area contributed by atoms with Crippen molar-refractivity contribution in [3.63, 3.8) is 0 Å². The second-order valence-electron chi connectivity index (χ2n) is 6.50. The molecule has 0 bridgehead atoms. The van der Waals surface area contributed by atoms with E-state index in [4.69, 9.17) is 4.74 Å². The van der Waals surface area contributed by atoms with Crippen LogP contribution in [0.15, 0.2) is 48.7 Å². The number of aromatic nitrogens is 1. The Bertz CT molecular complexity index is 1010. The molecular weight excluding hydrogens is 345 g/mol. The Balaban J connectivity index is 1.97. The summed E-state index contributed by atoms with van der Waals surface area (Å²) in [4.78, 5) is 16.0. The lowest BCUT2D eigenvalue weighted by molar-refractivity contribution is 0.0695. The average Bonchev–Trinajstić information content (AvgIpc) is 2.63. The van der Waals surface area contributed by atoms with Gasteiger partial charge in [0.1, 0.15) is 11.6 Å². The summed E-state index contributed by atoms with van der Waals surface area (Å²) in [5.74, 6) is -0.757. The molecule has 0 amide bonds. The van der Waals surface area contributed by atoms with Crippen LogP contribution in [0.1, 0.15) is 32.6 Å². The first-order valence-corrected chi connectivity index (χ1v) is 8.51. The van der Waals surface area contributed by atoms with Crippen molar-refractivity contribution in [3.8, 4) is 17.0 Å². The highest BCUT2D eigenvalue weighted by Crippen LogP contribution is 2.32. The Hall–Kier alpha value is -3.21. The minimum absolute atomic E-state index is 0.295. The standard InChI is InChI=1S/C22H20FNO3/c1-13-4-5-16(18(8-13)22(25)26)10-15-9-14(2)21(24-12-15)19-11-17(23)6-7-20(19)27-3/h4-9,11-12H,10H2,1-3H3,(H,25,26). The maximum atomic E-state index is 13.7. The number of aromatic carboxylic acids is 1. The Labute approximate surface area is 157 Å². The number of hydrogen-bond donors (Lipinski definition) is 1. The van der Waals surface area contributed by atoms with Gasteiger partial charge in [-0.2, -0.15) is 0 Å². The normalized spacial score (nSPS) is 10.7. The molecule has 0 spiro atoms. The SMILES string of the molecule is COc1ccc(F)cc1-c1ncc(Cc2ccc(C)cc2C(=O)O)cc1C. The molecule has 1 aromatic heterocycles. The molecule has 5 heteroatoms. The fraction of sp³-hybridized carbons (Fsp3) is 0.182. The number of methoxy groups -OCH3 is 1. The zero-order valence-electron chi connectivity index (χ0n) is 15.4. The van der Waals surface area contributed by atoms with Crippen molar-refractivity contribution >= 4 is 5.97 Å². The number of ether oxygens (including phenoxy) is 1. The predicted molar refractivity (Wildman–Crippen MR) is 102 cm³/mol. The number of nitrogens with zero attached hydrogens (tertiary/aromatic N) is 1. The second-order valence-corrected chi connectivity index (χ2v) is 6.50. The highest BCUT2D eigenvalue weighted by atomic mass is 19.1. The van der Waals surface area contributed by atoms with Gasteiger partial charge in [0.15, 0.2) is 0 Å². The van der Waals surface area contributed by atoms with Gasteiger partial charge in [0, 0.05) is 11.8 Å². The summed E-state index contributed by atoms with van der Waals surface area (Å²) >= 11 is 0. The van der Waals surface area contributed by atoms with Gasteiger partial charge in [0.25, 0.3) is 0 Å². The Morgan fingerprint density at radius 1 is 1.15 bits per heavy atom. The summed E-state index contributed by atoms with van der Waals surface area (Å²) in [5.41, 5.74) is 4.90. The van der Waals surface area contributed by atoms with E-state index in [1.165, 1.54) is 19.2 Å². The van der Waals surface area contributed by atoms with Gasteiger partial charge in [-0.3, -0.25) is 4.98 Å². The molecule has 0 radical (unpaired) electrons. The van der Waals surface area contributed by atoms with E-state index in [9.17, 15) is 14.3 Å². The van der Waals surface area contributed by atoms with Gasteiger partial charge in [-0.15, -0.1) is 0 Å². The minimum atomic E-state index is -0.945. The molecule has 1 heterocycles. The molecule has 0 unspecified atom stereocenters. The van der Waals surface area contributed by atoms with E-state index in [-0.39, 0.29) is 5.82 Å². The van der Waals surface area contributed by atoms with Crippen LogP contribution in [0.3, 0.4) is 0 Å². The van der Waals surface area contributed by atoms with E-state index in [1.54, 1.807) is 18.3 Å². The van der Waals surface area contributed by atoms with E-state index in [1.807, 2.05) is 32.0 Å². The van der Waals surface area contributed by atoms with Crippen LogP contribution in [0.2, 0.25) is 0 Å². The third-order valence-electron chi connectivity index (χ3n) is 4.44. The van der Waals surface area contributed by atoms with Crippen molar-refractivity contribution in [3.05, 3.63) is 82.3 Å². The third-order valence-corrected chi connectivity index (χ3v) is 4.44. The molecule has 0 aliphatic heterocycles. The van der Waals surface area contributed by atoms with Gasteiger partial charge in [-0.1, -0.05) is 23.8 Å². The van der Waals surface area contributed by atoms with Crippen LogP contribution in [-0.4, -0.2) is 23.2 Å². The number of carboxylic acid groups (broad SMARTS) is 1. The highest BCUT2D eigenvalue weighted by Gasteiger charge is 2.14. The molecule has 0 aliphatic carbocycles. The molecule has 1 N–H and O–H groups in total. The fourth-order valence-corrected chi connectivity index (χ4v) is 3.14. The lowest BCUT2D eigenvalue weighted by Crippen LogP contribution is -2.04. The lowest BCUT2D eigenvalue weighted by atomic mass is 9.97. The quantitative estimate of drug-likeness (QED) is 0.705. The van der Waals surface area contributed by atoms with Crippen molar-refractivity contribution in [2.45, 2.75) is 20.3 Å². The first kappa shape index (κ1) is 18.6. The van der Waals surface area contributed by atoms with Crippen molar-refractivity contribution in [2.75, 3.05) is 7.11 Å². The van der Waals surface area contributed by atoms with Gasteiger partial charge < -0.3 is 9.84 Å². The molecule has 0 saturated carbocycles. The number of halogens is 1. The molecule has 0 aliphatic rings. The van der Waals surface area contributed by atoms with E-state index in [2.05, 4.69) is 4.98 Å². The smallest absolute Gasteiger partial charge is 0.335 e. The molecule has 4 nitrogen and oxygen atoms in total. The van der Waals surface area contributed by atoms with Gasteiger partial charge in [-0.05, 0) is 61.2 Å². The van der Waals surface area contributed by atoms with Gasteiger partial charge >= 0.3 is 5.97 Å². The third kappa shape index (κ3) is 3.97. The number of carbonyl (C=O) groups is 1. The molecule has 0 atom stereocenters. The summed E-state index contributed by atoms with van der Waals surface area (Å²) < 4.78 is 19.0. The van der Waals surface area contributed by atoms with Crippen molar-refractivity contribution in [1.29, 1.82) is 0 Å². The van der Waals surface area contributed by atoms with Crippen LogP contribution in [0.4, 0.5) is 4.39 Å². The van der Waals surface area contributed by atoms with Crippen molar-refractivity contribution < 1.29 is 19.0 Å². The van der Waals surface area contributed by atoms with Crippen LogP contribution in [-0.2, 0) is 6.42 Å². The minimum Gasteiger partial charge on any atom is -0.496 e. The molecular formula is C22H20FNO3. The van der Waals surface area contributed by atoms with Crippen LogP contribution in [0.5, 0.6) is 5.75 Å². The molecule has 2 aromatic carbocycles. The number of aryl methyl sites for hydroxylation is 2. The summed E-state index contributed by atoms with van der Waals surface area (Å²) in [7, 11) is 1.53. The lowest BCUT2D eigenvalue weighted by Gasteiger charge is -2.12. The maximum Gasteiger partial charge on any atom is 0.335 e.